The van der Waals surface area contributed by atoms with Crippen LogP contribution >= 0.6 is 0 Å². The number of aliphatic hydroxyl groups excluding tert-OH is 1. The van der Waals surface area contributed by atoms with Crippen molar-refractivity contribution >= 4 is 11.8 Å². The number of aryl methyl sites for hydroxylation is 2. The smallest absolute Gasteiger partial charge is 0.244 e. The predicted molar refractivity (Wildman–Crippen MR) is 91.9 cm³/mol. The second-order valence-corrected chi connectivity index (χ2v) is 7.11. The molecule has 2 N–H and O–H groups in total. The molecule has 0 spiro atoms. The quantitative estimate of drug-likeness (QED) is 0.749. The van der Waals surface area contributed by atoms with Crippen LogP contribution < -0.4 is 5.32 Å². The van der Waals surface area contributed by atoms with E-state index in [2.05, 4.69) is 10.4 Å². The molecule has 2 amide bonds. The van der Waals surface area contributed by atoms with Crippen LogP contribution in [0.1, 0.15) is 24.2 Å². The van der Waals surface area contributed by atoms with Crippen molar-refractivity contribution < 1.29 is 14.7 Å². The van der Waals surface area contributed by atoms with Gasteiger partial charge in [-0.3, -0.25) is 19.2 Å². The number of piperazine rings is 1. The zero-order valence-corrected chi connectivity index (χ0v) is 15.1. The van der Waals surface area contributed by atoms with E-state index in [1.807, 2.05) is 24.8 Å². The Bertz CT molecular complexity index is 659. The van der Waals surface area contributed by atoms with Crippen LogP contribution in [0, 0.1) is 13.8 Å². The van der Waals surface area contributed by atoms with Gasteiger partial charge in [-0.15, -0.1) is 0 Å². The molecule has 3 rings (SSSR count). The fourth-order valence-corrected chi connectivity index (χ4v) is 3.96. The number of amides is 2. The Hall–Kier alpha value is -1.93. The third-order valence-corrected chi connectivity index (χ3v) is 5.36. The monoisotopic (exact) mass is 349 g/mol. The number of carbonyl (C=O) groups is 2. The molecular formula is C17H27N5O3. The number of carbonyl (C=O) groups excluding carboxylic acids is 2. The van der Waals surface area contributed by atoms with Crippen LogP contribution in [0.25, 0.3) is 0 Å². The first-order chi connectivity index (χ1) is 11.9. The molecule has 1 saturated heterocycles. The van der Waals surface area contributed by atoms with Gasteiger partial charge < -0.3 is 15.3 Å². The zero-order valence-electron chi connectivity index (χ0n) is 15.1. The lowest BCUT2D eigenvalue weighted by Gasteiger charge is -2.35. The average Bonchev–Trinajstić information content (AvgIpc) is 3.09. The third-order valence-electron chi connectivity index (χ3n) is 5.36. The van der Waals surface area contributed by atoms with Crippen LogP contribution in [0.3, 0.4) is 0 Å². The van der Waals surface area contributed by atoms with Crippen molar-refractivity contribution in [2.45, 2.75) is 51.4 Å². The van der Waals surface area contributed by atoms with Crippen LogP contribution in [0.15, 0.2) is 6.07 Å². The average molecular weight is 349 g/mol. The van der Waals surface area contributed by atoms with Crippen LogP contribution in [0.5, 0.6) is 0 Å². The van der Waals surface area contributed by atoms with E-state index in [1.165, 1.54) is 0 Å². The molecule has 3 atom stereocenters. The molecule has 1 aliphatic carbocycles. The van der Waals surface area contributed by atoms with Gasteiger partial charge in [0.2, 0.25) is 11.8 Å². The Kier molecular flexibility index (Phi) is 5.10. The molecule has 1 aromatic heterocycles. The molecule has 8 heteroatoms. The number of nitrogens with zero attached hydrogens (tertiary/aromatic N) is 4. The number of aromatic nitrogens is 2. The summed E-state index contributed by atoms with van der Waals surface area (Å²) in [5, 5.41) is 17.9. The fourth-order valence-electron chi connectivity index (χ4n) is 3.96. The minimum atomic E-state index is -0.639. The molecule has 2 fully saturated rings. The summed E-state index contributed by atoms with van der Waals surface area (Å²) in [7, 11) is 1.74. The molecule has 1 aliphatic heterocycles. The number of rotatable bonds is 4. The lowest BCUT2D eigenvalue weighted by atomic mass is 10.1. The van der Waals surface area contributed by atoms with E-state index in [4.69, 9.17) is 0 Å². The van der Waals surface area contributed by atoms with Crippen LogP contribution in [0.2, 0.25) is 0 Å². The molecule has 138 valence electrons. The highest BCUT2D eigenvalue weighted by Gasteiger charge is 2.42. The SMILES string of the molecule is Cc1cc(C)n(CC(=O)N(C)[C@@H]2CC[C@@H](N3CCNC(=O)C3)[C@@H]2O)n1. The third kappa shape index (κ3) is 3.69. The molecule has 2 aliphatic rings. The van der Waals surface area contributed by atoms with E-state index >= 15 is 0 Å². The molecule has 0 radical (unpaired) electrons. The van der Waals surface area contributed by atoms with E-state index in [1.54, 1.807) is 16.6 Å². The first-order valence-corrected chi connectivity index (χ1v) is 8.82. The summed E-state index contributed by atoms with van der Waals surface area (Å²) in [6.07, 6.45) is 0.889. The second-order valence-electron chi connectivity index (χ2n) is 7.11. The summed E-state index contributed by atoms with van der Waals surface area (Å²) in [6, 6.07) is 1.65. The summed E-state index contributed by atoms with van der Waals surface area (Å²) in [6.45, 7) is 5.67. The number of likely N-dealkylation sites (N-methyl/N-ethyl adjacent to an activating group) is 1. The number of nitrogens with one attached hydrogen (secondary N) is 1. The van der Waals surface area contributed by atoms with Gasteiger partial charge in [-0.25, -0.2) is 0 Å². The molecule has 1 saturated carbocycles. The van der Waals surface area contributed by atoms with Crippen LogP contribution in [0.4, 0.5) is 0 Å². The van der Waals surface area contributed by atoms with Crippen molar-refractivity contribution in [2.75, 3.05) is 26.7 Å². The van der Waals surface area contributed by atoms with Gasteiger partial charge in [0.15, 0.2) is 0 Å². The van der Waals surface area contributed by atoms with Gasteiger partial charge in [0.05, 0.1) is 24.4 Å². The number of hydrogen-bond donors (Lipinski definition) is 2. The van der Waals surface area contributed by atoms with Gasteiger partial charge in [0.25, 0.3) is 0 Å². The van der Waals surface area contributed by atoms with Crippen LogP contribution in [-0.4, -0.2) is 81.4 Å². The highest BCUT2D eigenvalue weighted by molar-refractivity contribution is 5.78. The maximum absolute atomic E-state index is 12.6. The first kappa shape index (κ1) is 17.9. The topological polar surface area (TPSA) is 90.7 Å². The van der Waals surface area contributed by atoms with E-state index in [0.29, 0.717) is 13.1 Å². The standard InChI is InChI=1S/C17H27N5O3/c1-11-8-12(2)22(19-11)10-16(24)20(3)13-4-5-14(17(13)25)21-7-6-18-15(23)9-21/h8,13-14,17,25H,4-7,9-10H2,1-3H3,(H,18,23)/t13-,14-,17-/m1/s1. The van der Waals surface area contributed by atoms with E-state index in [9.17, 15) is 14.7 Å². The highest BCUT2D eigenvalue weighted by Crippen LogP contribution is 2.28. The Balaban J connectivity index is 1.62. The molecule has 0 bridgehead atoms. The lowest BCUT2D eigenvalue weighted by Crippen LogP contribution is -2.56. The van der Waals surface area contributed by atoms with E-state index in [-0.39, 0.29) is 30.4 Å². The van der Waals surface area contributed by atoms with Crippen molar-refractivity contribution in [3.05, 3.63) is 17.5 Å². The zero-order chi connectivity index (χ0) is 18.1. The van der Waals surface area contributed by atoms with Crippen LogP contribution in [-0.2, 0) is 16.1 Å². The van der Waals surface area contributed by atoms with Crippen molar-refractivity contribution in [2.24, 2.45) is 0 Å². The Labute approximate surface area is 147 Å². The largest absolute Gasteiger partial charge is 0.389 e. The number of hydrogen-bond acceptors (Lipinski definition) is 5. The summed E-state index contributed by atoms with van der Waals surface area (Å²) in [4.78, 5) is 27.9. The van der Waals surface area contributed by atoms with Gasteiger partial charge in [-0.2, -0.15) is 5.10 Å². The van der Waals surface area contributed by atoms with Crippen molar-refractivity contribution in [1.29, 1.82) is 0 Å². The van der Waals surface area contributed by atoms with Crippen molar-refractivity contribution in [3.8, 4) is 0 Å². The first-order valence-electron chi connectivity index (χ1n) is 8.82. The van der Waals surface area contributed by atoms with Gasteiger partial charge in [0, 0.05) is 31.9 Å². The van der Waals surface area contributed by atoms with Gasteiger partial charge in [-0.1, -0.05) is 0 Å². The van der Waals surface area contributed by atoms with E-state index < -0.39 is 6.10 Å². The Morgan fingerprint density at radius 3 is 2.84 bits per heavy atom. The molecule has 2 heterocycles. The normalized spacial score (nSPS) is 27.4. The number of aliphatic hydroxyl groups is 1. The highest BCUT2D eigenvalue weighted by atomic mass is 16.3. The molecule has 25 heavy (non-hydrogen) atoms. The van der Waals surface area contributed by atoms with Crippen molar-refractivity contribution in [3.63, 3.8) is 0 Å². The maximum Gasteiger partial charge on any atom is 0.244 e. The van der Waals surface area contributed by atoms with Gasteiger partial charge >= 0.3 is 0 Å². The molecular weight excluding hydrogens is 322 g/mol. The van der Waals surface area contributed by atoms with Gasteiger partial charge in [-0.05, 0) is 32.8 Å². The minimum Gasteiger partial charge on any atom is -0.389 e. The molecule has 1 aromatic rings. The fraction of sp³-hybridized carbons (Fsp3) is 0.706. The summed E-state index contributed by atoms with van der Waals surface area (Å²) >= 11 is 0. The Morgan fingerprint density at radius 1 is 1.44 bits per heavy atom. The minimum absolute atomic E-state index is 0.00384. The predicted octanol–water partition coefficient (Wildman–Crippen LogP) is -0.718. The van der Waals surface area contributed by atoms with E-state index in [0.717, 1.165) is 30.8 Å². The Morgan fingerprint density at radius 2 is 2.20 bits per heavy atom. The van der Waals surface area contributed by atoms with Gasteiger partial charge in [0.1, 0.15) is 6.54 Å². The molecule has 8 nitrogen and oxygen atoms in total. The summed E-state index contributed by atoms with van der Waals surface area (Å²) in [5.74, 6) is -0.0665. The van der Waals surface area contributed by atoms with Crippen molar-refractivity contribution in [1.82, 2.24) is 24.9 Å². The molecule has 0 aromatic carbocycles. The second kappa shape index (κ2) is 7.13. The summed E-state index contributed by atoms with van der Waals surface area (Å²) in [5.41, 5.74) is 1.83. The molecule has 0 unspecified atom stereocenters. The maximum atomic E-state index is 12.6. The lowest BCUT2D eigenvalue weighted by molar-refractivity contribution is -0.135. The summed E-state index contributed by atoms with van der Waals surface area (Å²) < 4.78 is 1.70.